The van der Waals surface area contributed by atoms with Crippen LogP contribution in [0.25, 0.3) is 11.1 Å². The first kappa shape index (κ1) is 24.7. The van der Waals surface area contributed by atoms with Gasteiger partial charge in [0.05, 0.1) is 6.54 Å². The number of carbonyl (C=O) groups excluding carboxylic acids is 2. The molecule has 186 valence electrons. The first-order valence-corrected chi connectivity index (χ1v) is 12.0. The predicted octanol–water partition coefficient (Wildman–Crippen LogP) is 3.64. The fourth-order valence-electron chi connectivity index (χ4n) is 5.11. The van der Waals surface area contributed by atoms with Crippen LogP contribution in [0.3, 0.4) is 0 Å². The number of amides is 2. The molecule has 2 aliphatic rings. The van der Waals surface area contributed by atoms with Gasteiger partial charge in [0.25, 0.3) is 0 Å². The van der Waals surface area contributed by atoms with Gasteiger partial charge in [0.2, 0.25) is 5.91 Å². The van der Waals surface area contributed by atoms with Crippen LogP contribution in [0, 0.1) is 5.92 Å². The van der Waals surface area contributed by atoms with Crippen molar-refractivity contribution >= 4 is 18.0 Å². The summed E-state index contributed by atoms with van der Waals surface area (Å²) in [5, 5.41) is 12.3. The molecule has 2 unspecified atom stereocenters. The van der Waals surface area contributed by atoms with Crippen LogP contribution in [0.4, 0.5) is 4.79 Å². The molecule has 2 N–H and O–H groups in total. The molecule has 1 fully saturated rings. The second-order valence-corrected chi connectivity index (χ2v) is 9.31. The first-order chi connectivity index (χ1) is 16.9. The van der Waals surface area contributed by atoms with Crippen LogP contribution in [0.1, 0.15) is 43.2 Å². The van der Waals surface area contributed by atoms with E-state index in [9.17, 15) is 19.5 Å². The van der Waals surface area contributed by atoms with Gasteiger partial charge in [-0.1, -0.05) is 55.5 Å². The summed E-state index contributed by atoms with van der Waals surface area (Å²) < 4.78 is 10.8. The Hall–Kier alpha value is -3.39. The van der Waals surface area contributed by atoms with Gasteiger partial charge < -0.3 is 24.8 Å². The lowest BCUT2D eigenvalue weighted by Crippen LogP contribution is -2.56. The smallest absolute Gasteiger partial charge is 0.407 e. The number of methoxy groups -OCH3 is 1. The number of carboxylic acids is 1. The number of fused-ring (bicyclic) bond motifs is 3. The van der Waals surface area contributed by atoms with Crippen molar-refractivity contribution < 1.29 is 29.0 Å². The highest BCUT2D eigenvalue weighted by atomic mass is 16.5. The number of piperidine rings is 1. The molecule has 0 radical (unpaired) electrons. The van der Waals surface area contributed by atoms with E-state index in [0.29, 0.717) is 25.8 Å². The summed E-state index contributed by atoms with van der Waals surface area (Å²) in [5.74, 6) is -1.57. The summed E-state index contributed by atoms with van der Waals surface area (Å²) >= 11 is 0. The van der Waals surface area contributed by atoms with E-state index < -0.39 is 17.7 Å². The van der Waals surface area contributed by atoms with E-state index in [1.54, 1.807) is 11.8 Å². The number of nitrogens with zero attached hydrogens (tertiary/aromatic N) is 1. The third-order valence-corrected chi connectivity index (χ3v) is 7.16. The van der Waals surface area contributed by atoms with Gasteiger partial charge in [-0.2, -0.15) is 0 Å². The van der Waals surface area contributed by atoms with Crippen molar-refractivity contribution in [3.8, 4) is 11.1 Å². The Kier molecular flexibility index (Phi) is 7.40. The molecule has 1 heterocycles. The average Bonchev–Trinajstić information content (AvgIpc) is 3.20. The quantitative estimate of drug-likeness (QED) is 0.598. The van der Waals surface area contributed by atoms with Crippen LogP contribution in [-0.4, -0.2) is 66.9 Å². The molecule has 2 amide bonds. The lowest BCUT2D eigenvalue weighted by molar-refractivity contribution is -0.172. The van der Waals surface area contributed by atoms with Crippen molar-refractivity contribution in [3.05, 3.63) is 59.7 Å². The molecule has 8 nitrogen and oxygen atoms in total. The van der Waals surface area contributed by atoms with Gasteiger partial charge in [0.15, 0.2) is 5.60 Å². The number of likely N-dealkylation sites (tertiary alicyclic amines) is 1. The maximum Gasteiger partial charge on any atom is 0.407 e. The number of carbonyl (C=O) groups is 3. The van der Waals surface area contributed by atoms with E-state index in [2.05, 4.69) is 29.6 Å². The molecule has 0 spiro atoms. The van der Waals surface area contributed by atoms with Crippen LogP contribution in [0.15, 0.2) is 48.5 Å². The maximum atomic E-state index is 12.9. The highest BCUT2D eigenvalue weighted by Gasteiger charge is 2.44. The molecular formula is C27H32N2O6. The molecule has 0 aromatic heterocycles. The molecular weight excluding hydrogens is 448 g/mol. The fraction of sp³-hybridized carbons (Fsp3) is 0.444. The molecule has 0 bridgehead atoms. The topological polar surface area (TPSA) is 105 Å². The molecule has 2 aromatic carbocycles. The molecule has 2 aromatic rings. The SMILES string of the molecule is COC1(C(=O)O)CCCN(C(=O)C(C)CCNC(=O)OCC2c3ccccc3-c3ccccc32)C1. The Balaban J connectivity index is 1.26. The van der Waals surface area contributed by atoms with E-state index in [1.807, 2.05) is 24.3 Å². The summed E-state index contributed by atoms with van der Waals surface area (Å²) in [4.78, 5) is 38.4. The predicted molar refractivity (Wildman–Crippen MR) is 130 cm³/mol. The van der Waals surface area contributed by atoms with E-state index in [4.69, 9.17) is 9.47 Å². The number of hydrogen-bond acceptors (Lipinski definition) is 5. The minimum atomic E-state index is -1.35. The molecule has 4 rings (SSSR count). The minimum Gasteiger partial charge on any atom is -0.479 e. The third kappa shape index (κ3) is 5.03. The zero-order valence-electron chi connectivity index (χ0n) is 20.2. The van der Waals surface area contributed by atoms with Crippen LogP contribution in [0.5, 0.6) is 0 Å². The Morgan fingerprint density at radius 2 is 1.74 bits per heavy atom. The molecule has 35 heavy (non-hydrogen) atoms. The van der Waals surface area contributed by atoms with E-state index in [-0.39, 0.29) is 37.4 Å². The number of rotatable bonds is 8. The summed E-state index contributed by atoms with van der Waals surface area (Å²) in [6.07, 6.45) is 0.845. The van der Waals surface area contributed by atoms with Crippen molar-refractivity contribution in [1.29, 1.82) is 0 Å². The average molecular weight is 481 g/mol. The van der Waals surface area contributed by atoms with Gasteiger partial charge >= 0.3 is 12.1 Å². The number of alkyl carbamates (subject to hydrolysis) is 1. The zero-order valence-corrected chi connectivity index (χ0v) is 20.2. The van der Waals surface area contributed by atoms with Gasteiger partial charge in [-0.15, -0.1) is 0 Å². The molecule has 8 heteroatoms. The summed E-state index contributed by atoms with van der Waals surface area (Å²) in [5.41, 5.74) is 3.28. The number of ether oxygens (including phenoxy) is 2. The largest absolute Gasteiger partial charge is 0.479 e. The van der Waals surface area contributed by atoms with Crippen LogP contribution >= 0.6 is 0 Å². The van der Waals surface area contributed by atoms with Gasteiger partial charge in [-0.05, 0) is 41.5 Å². The molecule has 1 saturated heterocycles. The lowest BCUT2D eigenvalue weighted by Gasteiger charge is -2.39. The molecule has 1 aliphatic heterocycles. The Morgan fingerprint density at radius 3 is 2.34 bits per heavy atom. The standard InChI is InChI=1S/C27H32N2O6/c1-18(24(30)29-15-7-13-27(17-29,34-2)25(31)32)12-14-28-26(33)35-16-23-21-10-5-3-8-19(21)20-9-4-6-11-22(20)23/h3-6,8-11,18,23H,7,12-17H2,1-2H3,(H,28,33)(H,31,32). The van der Waals surface area contributed by atoms with E-state index in [1.165, 1.54) is 18.2 Å². The first-order valence-electron chi connectivity index (χ1n) is 12.0. The van der Waals surface area contributed by atoms with Gasteiger partial charge in [0.1, 0.15) is 6.61 Å². The number of aliphatic carboxylic acids is 1. The Morgan fingerprint density at radius 1 is 1.11 bits per heavy atom. The molecule has 0 saturated carbocycles. The summed E-state index contributed by atoms with van der Waals surface area (Å²) in [6.45, 7) is 2.83. The maximum absolute atomic E-state index is 12.9. The van der Waals surface area contributed by atoms with E-state index >= 15 is 0 Å². The molecule has 2 atom stereocenters. The third-order valence-electron chi connectivity index (χ3n) is 7.16. The highest BCUT2D eigenvalue weighted by molar-refractivity contribution is 5.82. The van der Waals surface area contributed by atoms with Crippen LogP contribution in [0.2, 0.25) is 0 Å². The number of nitrogens with one attached hydrogen (secondary N) is 1. The number of hydrogen-bond donors (Lipinski definition) is 2. The zero-order chi connectivity index (χ0) is 25.0. The van der Waals surface area contributed by atoms with Gasteiger partial charge in [-0.25, -0.2) is 9.59 Å². The normalized spacial score (nSPS) is 20.0. The highest BCUT2D eigenvalue weighted by Crippen LogP contribution is 2.44. The van der Waals surface area contributed by atoms with Crippen molar-refractivity contribution in [2.45, 2.75) is 37.7 Å². The summed E-state index contributed by atoms with van der Waals surface area (Å²) in [6, 6.07) is 16.3. The second kappa shape index (κ2) is 10.5. The monoisotopic (exact) mass is 480 g/mol. The number of benzene rings is 2. The van der Waals surface area contributed by atoms with E-state index in [0.717, 1.165) is 11.1 Å². The number of carboxylic acid groups (broad SMARTS) is 1. The molecule has 1 aliphatic carbocycles. The van der Waals surface area contributed by atoms with Crippen LogP contribution in [-0.2, 0) is 19.1 Å². The van der Waals surface area contributed by atoms with Crippen molar-refractivity contribution in [2.24, 2.45) is 5.92 Å². The fourth-order valence-corrected chi connectivity index (χ4v) is 5.11. The Labute approximate surface area is 205 Å². The van der Waals surface area contributed by atoms with Gasteiger partial charge in [-0.3, -0.25) is 4.79 Å². The van der Waals surface area contributed by atoms with Crippen molar-refractivity contribution in [2.75, 3.05) is 33.4 Å². The van der Waals surface area contributed by atoms with Crippen LogP contribution < -0.4 is 5.32 Å². The van der Waals surface area contributed by atoms with Crippen molar-refractivity contribution in [1.82, 2.24) is 10.2 Å². The van der Waals surface area contributed by atoms with Gasteiger partial charge in [0, 0.05) is 32.0 Å². The second-order valence-electron chi connectivity index (χ2n) is 9.31. The Bertz CT molecular complexity index is 1060. The minimum absolute atomic E-state index is 0.0111. The summed E-state index contributed by atoms with van der Waals surface area (Å²) in [7, 11) is 1.36. The van der Waals surface area contributed by atoms with Crippen molar-refractivity contribution in [3.63, 3.8) is 0 Å². The lowest BCUT2D eigenvalue weighted by atomic mass is 9.91.